The standard InChI is InChI=1S/C26H30N4O2/c1-3-29-16-8-13-23(18-29)30-25(21-10-5-4-6-11-21)19(2)27-26(30)22-12-7-9-20(17-22)14-15-24(31)28-32/h4-7,9-12,14-15,17,23,32H,3,8,13,16,18H2,1-2H3,(H,28,31)/b15-14+. The van der Waals surface area contributed by atoms with Crippen LogP contribution in [0.4, 0.5) is 0 Å². The van der Waals surface area contributed by atoms with E-state index in [4.69, 9.17) is 10.2 Å². The fourth-order valence-corrected chi connectivity index (χ4v) is 4.57. The van der Waals surface area contributed by atoms with Crippen LogP contribution in [0.2, 0.25) is 0 Å². The van der Waals surface area contributed by atoms with Gasteiger partial charge in [-0.1, -0.05) is 55.5 Å². The third kappa shape index (κ3) is 4.66. The van der Waals surface area contributed by atoms with E-state index in [1.807, 2.05) is 24.3 Å². The zero-order chi connectivity index (χ0) is 22.5. The Hall–Kier alpha value is -3.22. The lowest BCUT2D eigenvalue weighted by molar-refractivity contribution is -0.124. The van der Waals surface area contributed by atoms with Crippen molar-refractivity contribution in [1.29, 1.82) is 0 Å². The SMILES string of the molecule is CCN1CCCC(n2c(-c3cccc(/C=C/C(=O)NO)c3)nc(C)c2-c2ccccc2)C1. The molecule has 3 aromatic rings. The maximum atomic E-state index is 11.4. The zero-order valence-corrected chi connectivity index (χ0v) is 18.7. The first-order valence-electron chi connectivity index (χ1n) is 11.2. The molecule has 1 aliphatic rings. The van der Waals surface area contributed by atoms with Crippen molar-refractivity contribution in [2.45, 2.75) is 32.7 Å². The molecule has 0 aliphatic carbocycles. The molecule has 6 nitrogen and oxygen atoms in total. The van der Waals surface area contributed by atoms with Gasteiger partial charge in [0, 0.05) is 29.8 Å². The van der Waals surface area contributed by atoms with E-state index in [-0.39, 0.29) is 0 Å². The van der Waals surface area contributed by atoms with E-state index < -0.39 is 5.91 Å². The summed E-state index contributed by atoms with van der Waals surface area (Å²) in [6, 6.07) is 18.8. The van der Waals surface area contributed by atoms with Gasteiger partial charge in [0.2, 0.25) is 0 Å². The predicted octanol–water partition coefficient (Wildman–Crippen LogP) is 4.70. The number of rotatable bonds is 6. The Labute approximate surface area is 189 Å². The summed E-state index contributed by atoms with van der Waals surface area (Å²) in [7, 11) is 0. The molecule has 0 spiro atoms. The number of hydroxylamine groups is 1. The monoisotopic (exact) mass is 430 g/mol. The largest absolute Gasteiger partial charge is 0.319 e. The van der Waals surface area contributed by atoms with Gasteiger partial charge in [0.15, 0.2) is 0 Å². The first kappa shape index (κ1) is 22.0. The van der Waals surface area contributed by atoms with E-state index in [0.29, 0.717) is 6.04 Å². The number of carbonyl (C=O) groups excluding carboxylic acids is 1. The third-order valence-electron chi connectivity index (χ3n) is 6.11. The average Bonchev–Trinajstić information content (AvgIpc) is 3.20. The summed E-state index contributed by atoms with van der Waals surface area (Å²) >= 11 is 0. The van der Waals surface area contributed by atoms with Crippen LogP contribution >= 0.6 is 0 Å². The number of aryl methyl sites for hydroxylation is 1. The van der Waals surface area contributed by atoms with E-state index >= 15 is 0 Å². The summed E-state index contributed by atoms with van der Waals surface area (Å²) in [5.74, 6) is 0.395. The van der Waals surface area contributed by atoms with Crippen LogP contribution in [0.1, 0.15) is 37.1 Å². The number of hydrogen-bond acceptors (Lipinski definition) is 4. The number of aromatic nitrogens is 2. The molecular weight excluding hydrogens is 400 g/mol. The number of imidazole rings is 1. The van der Waals surface area contributed by atoms with Gasteiger partial charge in [0.25, 0.3) is 5.91 Å². The number of amides is 1. The molecule has 1 fully saturated rings. The number of hydrogen-bond donors (Lipinski definition) is 2. The molecule has 2 heterocycles. The maximum absolute atomic E-state index is 11.4. The van der Waals surface area contributed by atoms with E-state index in [0.717, 1.165) is 48.7 Å². The minimum atomic E-state index is -0.555. The highest BCUT2D eigenvalue weighted by atomic mass is 16.5. The third-order valence-corrected chi connectivity index (χ3v) is 6.11. The molecule has 4 rings (SSSR count). The first-order chi connectivity index (χ1) is 15.6. The Kier molecular flexibility index (Phi) is 6.83. The zero-order valence-electron chi connectivity index (χ0n) is 18.7. The Balaban J connectivity index is 1.82. The summed E-state index contributed by atoms with van der Waals surface area (Å²) in [6.45, 7) is 7.50. The molecule has 1 atom stereocenters. The van der Waals surface area contributed by atoms with Gasteiger partial charge in [-0.15, -0.1) is 0 Å². The summed E-state index contributed by atoms with van der Waals surface area (Å²) in [4.78, 5) is 18.9. The Morgan fingerprint density at radius 2 is 1.97 bits per heavy atom. The average molecular weight is 431 g/mol. The van der Waals surface area contributed by atoms with Gasteiger partial charge in [-0.2, -0.15) is 0 Å². The number of nitrogens with one attached hydrogen (secondary N) is 1. The quantitative estimate of drug-likeness (QED) is 0.338. The van der Waals surface area contributed by atoms with Crippen molar-refractivity contribution >= 4 is 12.0 Å². The van der Waals surface area contributed by atoms with Crippen molar-refractivity contribution < 1.29 is 10.0 Å². The molecule has 0 bridgehead atoms. The Bertz CT molecular complexity index is 1100. The second kappa shape index (κ2) is 9.94. The van der Waals surface area contributed by atoms with Gasteiger partial charge < -0.3 is 9.47 Å². The van der Waals surface area contributed by atoms with Crippen molar-refractivity contribution in [3.05, 3.63) is 71.9 Å². The van der Waals surface area contributed by atoms with Crippen LogP contribution in [0.3, 0.4) is 0 Å². The summed E-state index contributed by atoms with van der Waals surface area (Å²) in [5, 5.41) is 8.74. The highest BCUT2D eigenvalue weighted by molar-refractivity contribution is 5.91. The van der Waals surface area contributed by atoms with Gasteiger partial charge in [0.05, 0.1) is 11.4 Å². The maximum Gasteiger partial charge on any atom is 0.267 e. The van der Waals surface area contributed by atoms with Crippen LogP contribution in [-0.2, 0) is 4.79 Å². The number of likely N-dealkylation sites (N-methyl/N-ethyl adjacent to an activating group) is 1. The molecule has 2 aromatic carbocycles. The van der Waals surface area contributed by atoms with Gasteiger partial charge in [-0.3, -0.25) is 10.0 Å². The van der Waals surface area contributed by atoms with Crippen molar-refractivity contribution in [1.82, 2.24) is 19.9 Å². The van der Waals surface area contributed by atoms with Crippen LogP contribution in [0.25, 0.3) is 28.7 Å². The molecule has 2 N–H and O–H groups in total. The molecule has 1 unspecified atom stereocenters. The molecule has 0 saturated carbocycles. The van der Waals surface area contributed by atoms with E-state index in [9.17, 15) is 4.79 Å². The Morgan fingerprint density at radius 3 is 2.72 bits per heavy atom. The number of likely N-dealkylation sites (tertiary alicyclic amines) is 1. The van der Waals surface area contributed by atoms with Crippen LogP contribution in [0, 0.1) is 6.92 Å². The fourth-order valence-electron chi connectivity index (χ4n) is 4.57. The molecule has 1 saturated heterocycles. The van der Waals surface area contributed by atoms with E-state index in [2.05, 4.69) is 53.6 Å². The molecular formula is C26H30N4O2. The lowest BCUT2D eigenvalue weighted by Crippen LogP contribution is -2.36. The van der Waals surface area contributed by atoms with Crippen LogP contribution < -0.4 is 5.48 Å². The number of benzene rings is 2. The van der Waals surface area contributed by atoms with Gasteiger partial charge in [-0.25, -0.2) is 10.5 Å². The van der Waals surface area contributed by atoms with Crippen LogP contribution in [0.5, 0.6) is 0 Å². The second-order valence-electron chi connectivity index (χ2n) is 8.23. The summed E-state index contributed by atoms with van der Waals surface area (Å²) in [6.07, 6.45) is 5.29. The number of piperidine rings is 1. The molecule has 32 heavy (non-hydrogen) atoms. The minimum absolute atomic E-state index is 0.342. The van der Waals surface area contributed by atoms with Crippen LogP contribution in [0.15, 0.2) is 60.7 Å². The lowest BCUT2D eigenvalue weighted by atomic mass is 10.0. The number of carbonyl (C=O) groups is 1. The van der Waals surface area contributed by atoms with Gasteiger partial charge in [0.1, 0.15) is 5.82 Å². The van der Waals surface area contributed by atoms with Crippen LogP contribution in [-0.4, -0.2) is 45.2 Å². The minimum Gasteiger partial charge on any atom is -0.319 e. The normalized spacial score (nSPS) is 17.0. The molecule has 1 amide bonds. The highest BCUT2D eigenvalue weighted by Gasteiger charge is 2.27. The van der Waals surface area contributed by atoms with Crippen molar-refractivity contribution in [2.24, 2.45) is 0 Å². The fraction of sp³-hybridized carbons (Fsp3) is 0.308. The molecule has 6 heteroatoms. The lowest BCUT2D eigenvalue weighted by Gasteiger charge is -2.34. The molecule has 166 valence electrons. The second-order valence-corrected chi connectivity index (χ2v) is 8.23. The van der Waals surface area contributed by atoms with Crippen molar-refractivity contribution in [2.75, 3.05) is 19.6 Å². The smallest absolute Gasteiger partial charge is 0.267 e. The topological polar surface area (TPSA) is 70.4 Å². The van der Waals surface area contributed by atoms with Crippen molar-refractivity contribution in [3.8, 4) is 22.6 Å². The highest BCUT2D eigenvalue weighted by Crippen LogP contribution is 2.36. The Morgan fingerprint density at radius 1 is 1.19 bits per heavy atom. The molecule has 1 aliphatic heterocycles. The summed E-state index contributed by atoms with van der Waals surface area (Å²) < 4.78 is 2.43. The molecule has 0 radical (unpaired) electrons. The van der Waals surface area contributed by atoms with Gasteiger partial charge in [-0.05, 0) is 50.6 Å². The first-order valence-corrected chi connectivity index (χ1v) is 11.2. The summed E-state index contributed by atoms with van der Waals surface area (Å²) in [5.41, 5.74) is 6.87. The van der Waals surface area contributed by atoms with Crippen molar-refractivity contribution in [3.63, 3.8) is 0 Å². The van der Waals surface area contributed by atoms with E-state index in [1.54, 1.807) is 11.6 Å². The predicted molar refractivity (Wildman–Crippen MR) is 127 cm³/mol. The van der Waals surface area contributed by atoms with Gasteiger partial charge >= 0.3 is 0 Å². The molecule has 1 aromatic heterocycles. The van der Waals surface area contributed by atoms with E-state index in [1.165, 1.54) is 23.8 Å². The number of nitrogens with zero attached hydrogens (tertiary/aromatic N) is 3.